The van der Waals surface area contributed by atoms with Gasteiger partial charge in [-0.15, -0.1) is 0 Å². The van der Waals surface area contributed by atoms with Crippen LogP contribution in [0.25, 0.3) is 10.8 Å². The molecule has 37 heavy (non-hydrogen) atoms. The molecule has 0 bridgehead atoms. The van der Waals surface area contributed by atoms with Gasteiger partial charge in [0.05, 0.1) is 19.1 Å². The number of hydrogen-bond donors (Lipinski definition) is 2. The number of carbonyl (C=O) groups is 2. The standard InChI is InChI=1S/C27H33N3O6S/c1-29(2)14-15-30(3)23-11-12-26(37(34,35)28-22(19-31)17-27(32)33)25(18-23)36-16-13-21-9-6-8-20-7-4-5-10-24(20)21/h4-12,18-19,22,28H,13-17H2,1-3H3,(H,32,33)/t22-/m0/s1. The minimum absolute atomic E-state index is 0.127. The molecule has 10 heteroatoms. The molecular weight excluding hydrogens is 494 g/mol. The lowest BCUT2D eigenvalue weighted by Gasteiger charge is -2.23. The fourth-order valence-corrected chi connectivity index (χ4v) is 5.19. The van der Waals surface area contributed by atoms with Gasteiger partial charge in [-0.25, -0.2) is 13.1 Å². The molecule has 0 aromatic heterocycles. The first kappa shape index (κ1) is 28.1. The van der Waals surface area contributed by atoms with Gasteiger partial charge in [0.2, 0.25) is 10.0 Å². The summed E-state index contributed by atoms with van der Waals surface area (Å²) in [6.07, 6.45) is 0.159. The minimum Gasteiger partial charge on any atom is -0.492 e. The van der Waals surface area contributed by atoms with Gasteiger partial charge in [-0.3, -0.25) is 4.79 Å². The average molecular weight is 528 g/mol. The molecule has 0 aliphatic heterocycles. The number of hydrogen-bond acceptors (Lipinski definition) is 7. The third-order valence-electron chi connectivity index (χ3n) is 5.91. The molecular formula is C27H33N3O6S. The van der Waals surface area contributed by atoms with E-state index in [0.29, 0.717) is 13.0 Å². The normalized spacial score (nSPS) is 12.4. The zero-order valence-electron chi connectivity index (χ0n) is 21.3. The van der Waals surface area contributed by atoms with Gasteiger partial charge in [0.1, 0.15) is 16.9 Å². The van der Waals surface area contributed by atoms with Crippen molar-refractivity contribution in [2.75, 3.05) is 45.7 Å². The summed E-state index contributed by atoms with van der Waals surface area (Å²) in [5.74, 6) is -1.16. The third kappa shape index (κ3) is 7.75. The van der Waals surface area contributed by atoms with Crippen LogP contribution in [0, 0.1) is 0 Å². The van der Waals surface area contributed by atoms with E-state index in [4.69, 9.17) is 9.84 Å². The molecule has 0 amide bonds. The maximum atomic E-state index is 13.1. The number of carbonyl (C=O) groups excluding carboxylic acids is 1. The Labute approximate surface area is 217 Å². The van der Waals surface area contributed by atoms with E-state index in [2.05, 4.69) is 4.72 Å². The monoisotopic (exact) mass is 527 g/mol. The number of sulfonamides is 1. The Bertz CT molecular complexity index is 1340. The van der Waals surface area contributed by atoms with Crippen molar-refractivity contribution in [1.82, 2.24) is 9.62 Å². The Kier molecular flexibility index (Phi) is 9.62. The summed E-state index contributed by atoms with van der Waals surface area (Å²) in [7, 11) is 1.60. The molecule has 3 rings (SSSR count). The highest BCUT2D eigenvalue weighted by Gasteiger charge is 2.26. The summed E-state index contributed by atoms with van der Waals surface area (Å²) in [6.45, 7) is 1.72. The number of carboxylic acids is 1. The van der Waals surface area contributed by atoms with Crippen molar-refractivity contribution in [1.29, 1.82) is 0 Å². The van der Waals surface area contributed by atoms with Crippen LogP contribution in [-0.4, -0.2) is 77.6 Å². The highest BCUT2D eigenvalue weighted by molar-refractivity contribution is 7.89. The molecule has 0 heterocycles. The lowest BCUT2D eigenvalue weighted by molar-refractivity contribution is -0.138. The van der Waals surface area contributed by atoms with Crippen molar-refractivity contribution in [3.63, 3.8) is 0 Å². The van der Waals surface area contributed by atoms with Crippen LogP contribution in [0.2, 0.25) is 0 Å². The fraction of sp³-hybridized carbons (Fsp3) is 0.333. The molecule has 0 aliphatic carbocycles. The highest BCUT2D eigenvalue weighted by Crippen LogP contribution is 2.30. The Morgan fingerprint density at radius 1 is 1.05 bits per heavy atom. The average Bonchev–Trinajstić information content (AvgIpc) is 2.86. The second kappa shape index (κ2) is 12.7. The van der Waals surface area contributed by atoms with E-state index in [-0.39, 0.29) is 23.5 Å². The molecule has 198 valence electrons. The number of nitrogens with zero attached hydrogens (tertiary/aromatic N) is 2. The Morgan fingerprint density at radius 3 is 2.49 bits per heavy atom. The number of likely N-dealkylation sites (N-methyl/N-ethyl adjacent to an activating group) is 2. The molecule has 0 spiro atoms. The number of rotatable bonds is 14. The van der Waals surface area contributed by atoms with Crippen molar-refractivity contribution < 1.29 is 27.9 Å². The molecule has 0 saturated carbocycles. The van der Waals surface area contributed by atoms with Gasteiger partial charge >= 0.3 is 5.97 Å². The van der Waals surface area contributed by atoms with Crippen LogP contribution >= 0.6 is 0 Å². The van der Waals surface area contributed by atoms with Gasteiger partial charge in [0.25, 0.3) is 0 Å². The first-order chi connectivity index (χ1) is 17.6. The number of carboxylic acid groups (broad SMARTS) is 1. The zero-order valence-corrected chi connectivity index (χ0v) is 22.1. The first-order valence-electron chi connectivity index (χ1n) is 11.9. The number of aliphatic carboxylic acids is 1. The second-order valence-corrected chi connectivity index (χ2v) is 10.7. The number of anilines is 1. The molecule has 1 atom stereocenters. The molecule has 0 radical (unpaired) electrons. The number of benzene rings is 3. The van der Waals surface area contributed by atoms with Crippen LogP contribution in [0.1, 0.15) is 12.0 Å². The number of aldehydes is 1. The molecule has 9 nitrogen and oxygen atoms in total. The topological polar surface area (TPSA) is 116 Å². The van der Waals surface area contributed by atoms with E-state index < -0.39 is 28.5 Å². The zero-order chi connectivity index (χ0) is 27.0. The van der Waals surface area contributed by atoms with Gasteiger partial charge in [0.15, 0.2) is 0 Å². The van der Waals surface area contributed by atoms with E-state index in [9.17, 15) is 18.0 Å². The molecule has 0 unspecified atom stereocenters. The van der Waals surface area contributed by atoms with Crippen molar-refractivity contribution in [3.05, 3.63) is 66.2 Å². The van der Waals surface area contributed by atoms with Gasteiger partial charge < -0.3 is 24.4 Å². The largest absolute Gasteiger partial charge is 0.492 e. The van der Waals surface area contributed by atoms with Crippen LogP contribution in [0.5, 0.6) is 5.75 Å². The van der Waals surface area contributed by atoms with E-state index in [1.807, 2.05) is 73.4 Å². The maximum absolute atomic E-state index is 13.1. The van der Waals surface area contributed by atoms with Gasteiger partial charge in [0, 0.05) is 38.3 Å². The maximum Gasteiger partial charge on any atom is 0.305 e. The van der Waals surface area contributed by atoms with Crippen LogP contribution < -0.4 is 14.4 Å². The summed E-state index contributed by atoms with van der Waals surface area (Å²) in [5, 5.41) is 11.2. The van der Waals surface area contributed by atoms with Gasteiger partial charge in [-0.1, -0.05) is 42.5 Å². The fourth-order valence-electron chi connectivity index (χ4n) is 3.90. The van der Waals surface area contributed by atoms with E-state index in [0.717, 1.165) is 28.6 Å². The predicted molar refractivity (Wildman–Crippen MR) is 144 cm³/mol. The van der Waals surface area contributed by atoms with E-state index >= 15 is 0 Å². The SMILES string of the molecule is CN(C)CCN(C)c1ccc(S(=O)(=O)N[C@H](C=O)CC(=O)O)c(OCCc2cccc3ccccc23)c1. The summed E-state index contributed by atoms with van der Waals surface area (Å²) >= 11 is 0. The van der Waals surface area contributed by atoms with Crippen molar-refractivity contribution in [2.24, 2.45) is 0 Å². The van der Waals surface area contributed by atoms with Crippen LogP contribution in [0.15, 0.2) is 65.6 Å². The second-order valence-electron chi connectivity index (χ2n) is 9.05. The Hall–Kier alpha value is -3.47. The summed E-state index contributed by atoms with van der Waals surface area (Å²) < 4.78 is 34.5. The lowest BCUT2D eigenvalue weighted by atomic mass is 10.0. The number of fused-ring (bicyclic) bond motifs is 1. The Balaban J connectivity index is 1.88. The van der Waals surface area contributed by atoms with Crippen LogP contribution in [0.4, 0.5) is 5.69 Å². The molecule has 0 aliphatic rings. The van der Waals surface area contributed by atoms with Crippen molar-refractivity contribution in [3.8, 4) is 5.75 Å². The van der Waals surface area contributed by atoms with E-state index in [1.54, 1.807) is 12.1 Å². The van der Waals surface area contributed by atoms with Crippen LogP contribution in [0.3, 0.4) is 0 Å². The molecule has 2 N–H and O–H groups in total. The van der Waals surface area contributed by atoms with Crippen molar-refractivity contribution in [2.45, 2.75) is 23.8 Å². The Morgan fingerprint density at radius 2 is 1.78 bits per heavy atom. The highest BCUT2D eigenvalue weighted by atomic mass is 32.2. The third-order valence-corrected chi connectivity index (χ3v) is 7.44. The molecule has 0 saturated heterocycles. The number of ether oxygens (including phenoxy) is 1. The van der Waals surface area contributed by atoms with Gasteiger partial charge in [-0.2, -0.15) is 0 Å². The first-order valence-corrected chi connectivity index (χ1v) is 13.4. The summed E-state index contributed by atoms with van der Waals surface area (Å²) in [6, 6.07) is 17.4. The smallest absolute Gasteiger partial charge is 0.305 e. The van der Waals surface area contributed by atoms with Gasteiger partial charge in [-0.05, 0) is 42.6 Å². The lowest BCUT2D eigenvalue weighted by Crippen LogP contribution is -2.37. The summed E-state index contributed by atoms with van der Waals surface area (Å²) in [4.78, 5) is 26.2. The molecule has 0 fully saturated rings. The minimum atomic E-state index is -4.24. The predicted octanol–water partition coefficient (Wildman–Crippen LogP) is 2.78. The molecule has 3 aromatic rings. The number of nitrogens with one attached hydrogen (secondary N) is 1. The van der Waals surface area contributed by atoms with Crippen molar-refractivity contribution >= 4 is 38.7 Å². The molecule has 3 aromatic carbocycles. The van der Waals surface area contributed by atoms with Crippen LogP contribution in [-0.2, 0) is 26.0 Å². The van der Waals surface area contributed by atoms with E-state index in [1.165, 1.54) is 6.07 Å². The quantitative estimate of drug-likeness (QED) is 0.308. The summed E-state index contributed by atoms with van der Waals surface area (Å²) in [5.41, 5.74) is 1.83.